The second kappa shape index (κ2) is 4.63. The molecule has 15 heavy (non-hydrogen) atoms. The summed E-state index contributed by atoms with van der Waals surface area (Å²) in [5.74, 6) is 0.166. The molecule has 4 heteroatoms. The van der Waals surface area contributed by atoms with E-state index in [-0.39, 0.29) is 17.9 Å². The van der Waals surface area contributed by atoms with Crippen LogP contribution in [0.5, 0.6) is 0 Å². The van der Waals surface area contributed by atoms with Gasteiger partial charge in [-0.15, -0.1) is 0 Å². The smallest absolute Gasteiger partial charge is 0.234 e. The topological polar surface area (TPSA) is 64.9 Å². The van der Waals surface area contributed by atoms with Gasteiger partial charge < -0.3 is 10.6 Å². The van der Waals surface area contributed by atoms with Gasteiger partial charge in [0.25, 0.3) is 0 Å². The van der Waals surface area contributed by atoms with Crippen LogP contribution < -0.4 is 10.6 Å². The molecule has 2 N–H and O–H groups in total. The minimum absolute atomic E-state index is 0.0705. The van der Waals surface area contributed by atoms with E-state index in [1.807, 2.05) is 0 Å². The van der Waals surface area contributed by atoms with E-state index in [9.17, 15) is 4.79 Å². The van der Waals surface area contributed by atoms with Gasteiger partial charge in [-0.05, 0) is 25.7 Å². The molecule has 0 bridgehead atoms. The molecule has 0 saturated heterocycles. The Balaban J connectivity index is 1.67. The summed E-state index contributed by atoms with van der Waals surface area (Å²) in [7, 11) is 0. The number of hydrogen-bond acceptors (Lipinski definition) is 3. The van der Waals surface area contributed by atoms with Crippen LogP contribution in [0.1, 0.15) is 32.1 Å². The molecule has 2 atom stereocenters. The lowest BCUT2D eigenvalue weighted by Gasteiger charge is -2.14. The van der Waals surface area contributed by atoms with E-state index in [4.69, 9.17) is 5.26 Å². The Morgan fingerprint density at radius 1 is 1.33 bits per heavy atom. The minimum atomic E-state index is 0.0705. The van der Waals surface area contributed by atoms with E-state index in [2.05, 4.69) is 16.7 Å². The number of carbonyl (C=O) groups excluding carboxylic acids is 1. The standard InChI is InChI=1S/C11H17N3O/c12-6-8-2-1-3-10(8)13-7-11(15)14-9-4-5-9/h8-10,13H,1-5,7H2,(H,14,15). The molecule has 2 fully saturated rings. The van der Waals surface area contributed by atoms with Crippen molar-refractivity contribution in [2.45, 2.75) is 44.2 Å². The first-order valence-corrected chi connectivity index (χ1v) is 5.72. The van der Waals surface area contributed by atoms with Gasteiger partial charge in [0, 0.05) is 12.1 Å². The fourth-order valence-electron chi connectivity index (χ4n) is 2.09. The van der Waals surface area contributed by atoms with Crippen LogP contribution in [0.25, 0.3) is 0 Å². The van der Waals surface area contributed by atoms with Crippen LogP contribution in [0.4, 0.5) is 0 Å². The summed E-state index contributed by atoms with van der Waals surface area (Å²) in [6, 6.07) is 2.94. The van der Waals surface area contributed by atoms with Gasteiger partial charge in [0.15, 0.2) is 0 Å². The lowest BCUT2D eigenvalue weighted by Crippen LogP contribution is -2.41. The molecule has 2 aliphatic carbocycles. The Morgan fingerprint density at radius 2 is 2.13 bits per heavy atom. The molecule has 0 aliphatic heterocycles. The highest BCUT2D eigenvalue weighted by molar-refractivity contribution is 5.78. The highest BCUT2D eigenvalue weighted by Gasteiger charge is 2.28. The fourth-order valence-corrected chi connectivity index (χ4v) is 2.09. The molecule has 0 aromatic rings. The summed E-state index contributed by atoms with van der Waals surface area (Å²) in [4.78, 5) is 11.4. The van der Waals surface area contributed by atoms with Crippen LogP contribution in [0, 0.1) is 17.2 Å². The molecule has 0 heterocycles. The molecule has 2 saturated carbocycles. The summed E-state index contributed by atoms with van der Waals surface area (Å²) in [5, 5.41) is 15.0. The number of hydrogen-bond donors (Lipinski definition) is 2. The second-order valence-corrected chi connectivity index (χ2v) is 4.50. The van der Waals surface area contributed by atoms with Gasteiger partial charge in [0.05, 0.1) is 18.5 Å². The zero-order valence-corrected chi connectivity index (χ0v) is 8.83. The van der Waals surface area contributed by atoms with Crippen LogP contribution in [-0.4, -0.2) is 24.5 Å². The van der Waals surface area contributed by atoms with Crippen molar-refractivity contribution in [1.29, 1.82) is 5.26 Å². The van der Waals surface area contributed by atoms with Gasteiger partial charge in [-0.3, -0.25) is 4.79 Å². The van der Waals surface area contributed by atoms with Crippen LogP contribution in [0.15, 0.2) is 0 Å². The first-order chi connectivity index (χ1) is 7.29. The number of nitriles is 1. The maximum Gasteiger partial charge on any atom is 0.234 e. The number of amides is 1. The normalized spacial score (nSPS) is 29.8. The average Bonchev–Trinajstić information content (AvgIpc) is 2.92. The molecule has 2 aliphatic rings. The third-order valence-electron chi connectivity index (χ3n) is 3.15. The van der Waals surface area contributed by atoms with Gasteiger partial charge in [-0.25, -0.2) is 0 Å². The maximum absolute atomic E-state index is 11.4. The highest BCUT2D eigenvalue weighted by Crippen LogP contribution is 2.24. The largest absolute Gasteiger partial charge is 0.352 e. The van der Waals surface area contributed by atoms with Gasteiger partial charge in [0.2, 0.25) is 5.91 Å². The molecule has 2 unspecified atom stereocenters. The highest BCUT2D eigenvalue weighted by atomic mass is 16.2. The molecule has 0 spiro atoms. The van der Waals surface area contributed by atoms with E-state index in [1.165, 1.54) is 0 Å². The average molecular weight is 207 g/mol. The van der Waals surface area contributed by atoms with Gasteiger partial charge in [-0.2, -0.15) is 5.26 Å². The van der Waals surface area contributed by atoms with E-state index >= 15 is 0 Å². The zero-order valence-electron chi connectivity index (χ0n) is 8.83. The van der Waals surface area contributed by atoms with Crippen molar-refractivity contribution in [3.8, 4) is 6.07 Å². The number of carbonyl (C=O) groups is 1. The number of nitrogens with zero attached hydrogens (tertiary/aromatic N) is 1. The van der Waals surface area contributed by atoms with Crippen LogP contribution in [-0.2, 0) is 4.79 Å². The van der Waals surface area contributed by atoms with Crippen molar-refractivity contribution in [2.24, 2.45) is 5.92 Å². The van der Waals surface area contributed by atoms with Crippen molar-refractivity contribution in [3.63, 3.8) is 0 Å². The molecule has 82 valence electrons. The molecular weight excluding hydrogens is 190 g/mol. The Kier molecular flexibility index (Phi) is 3.22. The molecule has 1 amide bonds. The molecule has 4 nitrogen and oxygen atoms in total. The third-order valence-corrected chi connectivity index (χ3v) is 3.15. The fraction of sp³-hybridized carbons (Fsp3) is 0.818. The molecule has 0 aromatic carbocycles. The van der Waals surface area contributed by atoms with Crippen LogP contribution >= 0.6 is 0 Å². The summed E-state index contributed by atoms with van der Waals surface area (Å²) >= 11 is 0. The number of nitrogens with one attached hydrogen (secondary N) is 2. The predicted molar refractivity (Wildman–Crippen MR) is 55.9 cm³/mol. The van der Waals surface area contributed by atoms with Gasteiger partial charge >= 0.3 is 0 Å². The van der Waals surface area contributed by atoms with Crippen molar-refractivity contribution in [1.82, 2.24) is 10.6 Å². The number of rotatable bonds is 4. The first-order valence-electron chi connectivity index (χ1n) is 5.72. The summed E-state index contributed by atoms with van der Waals surface area (Å²) in [6.45, 7) is 0.360. The quantitative estimate of drug-likeness (QED) is 0.707. The molecule has 2 rings (SSSR count). The Labute approximate surface area is 90.0 Å². The van der Waals surface area contributed by atoms with Crippen molar-refractivity contribution in [3.05, 3.63) is 0 Å². The van der Waals surface area contributed by atoms with E-state index in [1.54, 1.807) is 0 Å². The lowest BCUT2D eigenvalue weighted by atomic mass is 10.1. The monoisotopic (exact) mass is 207 g/mol. The van der Waals surface area contributed by atoms with E-state index in [0.717, 1.165) is 32.1 Å². The summed E-state index contributed by atoms with van der Waals surface area (Å²) in [5.41, 5.74) is 0. The molecule has 0 aromatic heterocycles. The van der Waals surface area contributed by atoms with Gasteiger partial charge in [0.1, 0.15) is 0 Å². The first kappa shape index (κ1) is 10.4. The van der Waals surface area contributed by atoms with Crippen LogP contribution in [0.2, 0.25) is 0 Å². The zero-order chi connectivity index (χ0) is 10.7. The Morgan fingerprint density at radius 3 is 2.80 bits per heavy atom. The van der Waals surface area contributed by atoms with E-state index < -0.39 is 0 Å². The van der Waals surface area contributed by atoms with Crippen molar-refractivity contribution < 1.29 is 4.79 Å². The van der Waals surface area contributed by atoms with Gasteiger partial charge in [-0.1, -0.05) is 6.42 Å². The summed E-state index contributed by atoms with van der Waals surface area (Å²) < 4.78 is 0. The predicted octanol–water partition coefficient (Wildman–Crippen LogP) is 0.547. The minimum Gasteiger partial charge on any atom is -0.352 e. The lowest BCUT2D eigenvalue weighted by molar-refractivity contribution is -0.120. The molecular formula is C11H17N3O. The molecule has 0 radical (unpaired) electrons. The van der Waals surface area contributed by atoms with Crippen molar-refractivity contribution in [2.75, 3.05) is 6.54 Å². The SMILES string of the molecule is N#CC1CCCC1NCC(=O)NC1CC1. The third kappa shape index (κ3) is 2.93. The Bertz CT molecular complexity index is 280. The Hall–Kier alpha value is -1.08. The summed E-state index contributed by atoms with van der Waals surface area (Å²) in [6.07, 6.45) is 5.33. The maximum atomic E-state index is 11.4. The van der Waals surface area contributed by atoms with Crippen molar-refractivity contribution >= 4 is 5.91 Å². The second-order valence-electron chi connectivity index (χ2n) is 4.50. The van der Waals surface area contributed by atoms with Crippen LogP contribution in [0.3, 0.4) is 0 Å². The van der Waals surface area contributed by atoms with E-state index in [0.29, 0.717) is 12.6 Å².